The molecular formula is C15H16FNO3S. The van der Waals surface area contributed by atoms with Crippen LogP contribution in [0.15, 0.2) is 30.5 Å². The van der Waals surface area contributed by atoms with Gasteiger partial charge in [0.05, 0.1) is 12.1 Å². The number of halogens is 1. The van der Waals surface area contributed by atoms with Gasteiger partial charge in [0.2, 0.25) is 0 Å². The Hall–Kier alpha value is -1.34. The van der Waals surface area contributed by atoms with Crippen molar-refractivity contribution in [2.24, 2.45) is 5.92 Å². The van der Waals surface area contributed by atoms with Crippen LogP contribution < -0.4 is 0 Å². The minimum atomic E-state index is -1.00. The molecule has 3 rings (SSSR count). The number of pyridine rings is 1. The zero-order valence-corrected chi connectivity index (χ0v) is 12.0. The van der Waals surface area contributed by atoms with Gasteiger partial charge in [0.25, 0.3) is 0 Å². The molecule has 0 amide bonds. The normalized spacial score (nSPS) is 29.1. The summed E-state index contributed by atoms with van der Waals surface area (Å²) in [5, 5.41) is 30.7. The van der Waals surface area contributed by atoms with Crippen LogP contribution in [0.5, 0.6) is 0 Å². The molecule has 21 heavy (non-hydrogen) atoms. The van der Waals surface area contributed by atoms with Gasteiger partial charge in [0, 0.05) is 24.1 Å². The van der Waals surface area contributed by atoms with Crippen LogP contribution >= 0.6 is 12.2 Å². The van der Waals surface area contributed by atoms with E-state index in [0.29, 0.717) is 16.4 Å². The van der Waals surface area contributed by atoms with Crippen molar-refractivity contribution < 1.29 is 19.7 Å². The van der Waals surface area contributed by atoms with Gasteiger partial charge in [0.15, 0.2) is 0 Å². The lowest BCUT2D eigenvalue weighted by atomic mass is 10.1. The third-order valence-electron chi connectivity index (χ3n) is 4.26. The van der Waals surface area contributed by atoms with Gasteiger partial charge in [0.1, 0.15) is 16.6 Å². The van der Waals surface area contributed by atoms with Gasteiger partial charge in [-0.2, -0.15) is 0 Å². The molecule has 112 valence electrons. The Morgan fingerprint density at radius 2 is 2.00 bits per heavy atom. The summed E-state index contributed by atoms with van der Waals surface area (Å²) >= 11 is 5.40. The van der Waals surface area contributed by atoms with Gasteiger partial charge in [-0.1, -0.05) is 18.3 Å². The second-order valence-corrected chi connectivity index (χ2v) is 5.87. The second kappa shape index (κ2) is 5.46. The number of aromatic nitrogens is 1. The molecule has 1 aliphatic carbocycles. The molecule has 0 spiro atoms. The zero-order chi connectivity index (χ0) is 15.1. The molecule has 1 aromatic heterocycles. The molecule has 0 aliphatic heterocycles. The summed E-state index contributed by atoms with van der Waals surface area (Å²) in [6.45, 7) is -0.190. The van der Waals surface area contributed by atoms with Gasteiger partial charge in [-0.15, -0.1) is 0 Å². The van der Waals surface area contributed by atoms with Gasteiger partial charge in [-0.25, -0.2) is 4.39 Å². The third-order valence-corrected chi connectivity index (χ3v) is 4.69. The van der Waals surface area contributed by atoms with Crippen LogP contribution in [0.2, 0.25) is 0 Å². The molecule has 6 heteroatoms. The van der Waals surface area contributed by atoms with Crippen LogP contribution in [-0.2, 0) is 0 Å². The van der Waals surface area contributed by atoms with Crippen molar-refractivity contribution in [2.75, 3.05) is 6.61 Å². The zero-order valence-electron chi connectivity index (χ0n) is 11.2. The first-order valence-corrected chi connectivity index (χ1v) is 7.21. The lowest BCUT2D eigenvalue weighted by Gasteiger charge is -2.20. The Morgan fingerprint density at radius 1 is 1.24 bits per heavy atom. The lowest BCUT2D eigenvalue weighted by molar-refractivity contribution is -0.00419. The summed E-state index contributed by atoms with van der Waals surface area (Å²) in [4.78, 5) is 0. The minimum Gasteiger partial charge on any atom is -0.396 e. The highest BCUT2D eigenvalue weighted by Crippen LogP contribution is 2.36. The van der Waals surface area contributed by atoms with Gasteiger partial charge >= 0.3 is 0 Å². The van der Waals surface area contributed by atoms with Crippen molar-refractivity contribution in [3.05, 3.63) is 40.9 Å². The Bertz CT molecular complexity index is 732. The largest absolute Gasteiger partial charge is 0.396 e. The minimum absolute atomic E-state index is 0.190. The van der Waals surface area contributed by atoms with E-state index in [1.54, 1.807) is 22.9 Å². The summed E-state index contributed by atoms with van der Waals surface area (Å²) in [6, 6.07) is 5.78. The van der Waals surface area contributed by atoms with Crippen molar-refractivity contribution in [1.82, 2.24) is 4.57 Å². The maximum Gasteiger partial charge on any atom is 0.123 e. The molecule has 1 aromatic carbocycles. The number of aliphatic hydroxyl groups is 3. The summed E-state index contributed by atoms with van der Waals surface area (Å²) in [5.41, 5.74) is 0. The van der Waals surface area contributed by atoms with E-state index < -0.39 is 18.2 Å². The number of rotatable bonds is 2. The number of benzene rings is 1. The Kier molecular flexibility index (Phi) is 3.79. The van der Waals surface area contributed by atoms with Crippen molar-refractivity contribution in [2.45, 2.75) is 24.7 Å². The average molecular weight is 309 g/mol. The van der Waals surface area contributed by atoms with Crippen LogP contribution in [0.25, 0.3) is 10.8 Å². The molecule has 2 aromatic rings. The standard InChI is InChI=1S/C15H16FNO3S/c16-10-2-1-8-3-4-17(15(21)11(8)6-10)12-5-9(7-18)13(19)14(12)20/h1-4,6,9,12-14,18-20H,5,7H2/t9-,12-,13-,14+/m1/s1. The highest BCUT2D eigenvalue weighted by molar-refractivity contribution is 7.71. The first-order chi connectivity index (χ1) is 10.0. The molecule has 3 N–H and O–H groups in total. The summed E-state index contributed by atoms with van der Waals surface area (Å²) in [7, 11) is 0. The Balaban J connectivity index is 2.09. The van der Waals surface area contributed by atoms with Crippen LogP contribution in [0.4, 0.5) is 4.39 Å². The average Bonchev–Trinajstić information content (AvgIpc) is 2.76. The number of hydrogen-bond donors (Lipinski definition) is 3. The van der Waals surface area contributed by atoms with E-state index >= 15 is 0 Å². The maximum atomic E-state index is 13.4. The molecule has 0 bridgehead atoms. The van der Waals surface area contributed by atoms with E-state index in [1.165, 1.54) is 12.1 Å². The van der Waals surface area contributed by atoms with Gasteiger partial charge < -0.3 is 19.9 Å². The van der Waals surface area contributed by atoms with E-state index in [1.807, 2.05) is 0 Å². The molecule has 1 aliphatic rings. The number of hydrogen-bond acceptors (Lipinski definition) is 4. The Labute approximate surface area is 126 Å². The smallest absolute Gasteiger partial charge is 0.123 e. The number of fused-ring (bicyclic) bond motifs is 1. The molecule has 4 nitrogen and oxygen atoms in total. The topological polar surface area (TPSA) is 65.6 Å². The fraction of sp³-hybridized carbons (Fsp3) is 0.400. The van der Waals surface area contributed by atoms with E-state index in [0.717, 1.165) is 5.39 Å². The lowest BCUT2D eigenvalue weighted by Crippen LogP contribution is -2.30. The predicted molar refractivity (Wildman–Crippen MR) is 79.0 cm³/mol. The fourth-order valence-electron chi connectivity index (χ4n) is 3.04. The van der Waals surface area contributed by atoms with E-state index in [4.69, 9.17) is 12.2 Å². The van der Waals surface area contributed by atoms with Crippen molar-refractivity contribution >= 4 is 23.0 Å². The third kappa shape index (κ3) is 2.38. The molecule has 1 saturated carbocycles. The molecule has 1 fully saturated rings. The van der Waals surface area contributed by atoms with Crippen molar-refractivity contribution in [3.8, 4) is 0 Å². The number of aliphatic hydroxyl groups excluding tert-OH is 3. The van der Waals surface area contributed by atoms with Gasteiger partial charge in [-0.05, 0) is 30.0 Å². The fourth-order valence-corrected chi connectivity index (χ4v) is 3.42. The molecule has 0 radical (unpaired) electrons. The predicted octanol–water partition coefficient (Wildman–Crippen LogP) is 1.78. The first kappa shape index (κ1) is 14.6. The number of nitrogens with zero attached hydrogens (tertiary/aromatic N) is 1. The summed E-state index contributed by atoms with van der Waals surface area (Å²) in [5.74, 6) is -0.748. The van der Waals surface area contributed by atoms with Crippen molar-refractivity contribution in [1.29, 1.82) is 0 Å². The molecular weight excluding hydrogens is 293 g/mol. The SMILES string of the molecule is OC[C@H]1C[C@@H](n2ccc3ccc(F)cc3c2=S)[C@H](O)[C@@H]1O. The van der Waals surface area contributed by atoms with Crippen LogP contribution in [0, 0.1) is 16.4 Å². The quantitative estimate of drug-likeness (QED) is 0.740. The summed E-state index contributed by atoms with van der Waals surface area (Å²) < 4.78 is 15.5. The van der Waals surface area contributed by atoms with Crippen molar-refractivity contribution in [3.63, 3.8) is 0 Å². The van der Waals surface area contributed by atoms with E-state index in [9.17, 15) is 19.7 Å². The molecule has 1 heterocycles. The van der Waals surface area contributed by atoms with E-state index in [-0.39, 0.29) is 18.3 Å². The molecule has 4 atom stereocenters. The van der Waals surface area contributed by atoms with Crippen LogP contribution in [0.3, 0.4) is 0 Å². The Morgan fingerprint density at radius 3 is 2.67 bits per heavy atom. The second-order valence-electron chi connectivity index (χ2n) is 5.49. The highest BCUT2D eigenvalue weighted by Gasteiger charge is 2.41. The highest BCUT2D eigenvalue weighted by atomic mass is 32.1. The van der Waals surface area contributed by atoms with Crippen LogP contribution in [0.1, 0.15) is 12.5 Å². The summed E-state index contributed by atoms with van der Waals surface area (Å²) in [6.07, 6.45) is 0.182. The maximum absolute atomic E-state index is 13.4. The van der Waals surface area contributed by atoms with Crippen LogP contribution in [-0.4, -0.2) is 38.7 Å². The molecule has 0 saturated heterocycles. The first-order valence-electron chi connectivity index (χ1n) is 6.80. The monoisotopic (exact) mass is 309 g/mol. The van der Waals surface area contributed by atoms with E-state index in [2.05, 4.69) is 0 Å². The molecule has 0 unspecified atom stereocenters. The van der Waals surface area contributed by atoms with Gasteiger partial charge in [-0.3, -0.25) is 0 Å².